The summed E-state index contributed by atoms with van der Waals surface area (Å²) >= 11 is 0. The van der Waals surface area contributed by atoms with Crippen LogP contribution in [-0.2, 0) is 4.79 Å². The molecule has 0 spiro atoms. The van der Waals surface area contributed by atoms with Crippen molar-refractivity contribution in [3.63, 3.8) is 0 Å². The summed E-state index contributed by atoms with van der Waals surface area (Å²) in [4.78, 5) is 24.4. The predicted molar refractivity (Wildman–Crippen MR) is 96.6 cm³/mol. The molecule has 1 atom stereocenters. The standard InChI is InChI=1S/C17H21N3O3.CH2O2/c1-10(2)22-16-8-12-14(7-13(16)17(18)21)20-6-4-15(12)23-11-3-5-19-9-11;2-1-3/h4,6-8,10-11,19H,3,5,9H2,1-2H3,(H2,18,21);1H,(H,2,3)/t11-;/m0./s1. The van der Waals surface area contributed by atoms with E-state index in [0.29, 0.717) is 16.8 Å². The zero-order chi connectivity index (χ0) is 19.1. The third-order valence-corrected chi connectivity index (χ3v) is 3.74. The largest absolute Gasteiger partial charge is 0.490 e. The number of pyridine rings is 1. The number of rotatable bonds is 5. The van der Waals surface area contributed by atoms with E-state index in [1.54, 1.807) is 18.3 Å². The number of hydrogen-bond donors (Lipinski definition) is 3. The van der Waals surface area contributed by atoms with Gasteiger partial charge in [-0.1, -0.05) is 0 Å². The Bertz CT molecular complexity index is 773. The number of aromatic nitrogens is 1. The molecule has 0 radical (unpaired) electrons. The number of carboxylic acid groups (broad SMARTS) is 1. The van der Waals surface area contributed by atoms with Crippen molar-refractivity contribution >= 4 is 23.3 Å². The maximum atomic E-state index is 11.7. The minimum absolute atomic E-state index is 0.0642. The average molecular weight is 361 g/mol. The van der Waals surface area contributed by atoms with Crippen molar-refractivity contribution in [1.29, 1.82) is 0 Å². The van der Waals surface area contributed by atoms with E-state index in [1.165, 1.54) is 0 Å². The second-order valence-electron chi connectivity index (χ2n) is 6.04. The third kappa shape index (κ3) is 4.82. The van der Waals surface area contributed by atoms with Gasteiger partial charge in [0.1, 0.15) is 17.6 Å². The van der Waals surface area contributed by atoms with Gasteiger partial charge >= 0.3 is 0 Å². The first-order valence-corrected chi connectivity index (χ1v) is 8.30. The smallest absolute Gasteiger partial charge is 0.290 e. The van der Waals surface area contributed by atoms with Crippen LogP contribution < -0.4 is 20.5 Å². The van der Waals surface area contributed by atoms with Crippen LogP contribution in [0.4, 0.5) is 0 Å². The van der Waals surface area contributed by atoms with Crippen molar-refractivity contribution in [2.75, 3.05) is 13.1 Å². The van der Waals surface area contributed by atoms with Crippen LogP contribution in [0.1, 0.15) is 30.6 Å². The molecule has 4 N–H and O–H groups in total. The van der Waals surface area contributed by atoms with Gasteiger partial charge in [-0.15, -0.1) is 0 Å². The first-order valence-electron chi connectivity index (χ1n) is 8.30. The molecule has 1 aliphatic heterocycles. The molecular formula is C18H23N3O5. The van der Waals surface area contributed by atoms with Crippen LogP contribution in [0.2, 0.25) is 0 Å². The quantitative estimate of drug-likeness (QED) is 0.690. The maximum absolute atomic E-state index is 11.7. The van der Waals surface area contributed by atoms with Gasteiger partial charge in [-0.3, -0.25) is 14.6 Å². The molecule has 3 rings (SSSR count). The molecule has 140 valence electrons. The fraction of sp³-hybridized carbons (Fsp3) is 0.389. The summed E-state index contributed by atoms with van der Waals surface area (Å²) < 4.78 is 11.8. The van der Waals surface area contributed by atoms with E-state index in [0.717, 1.165) is 30.6 Å². The number of fused-ring (bicyclic) bond motifs is 1. The highest BCUT2D eigenvalue weighted by Crippen LogP contribution is 2.32. The Labute approximate surface area is 151 Å². The van der Waals surface area contributed by atoms with E-state index in [9.17, 15) is 4.79 Å². The van der Waals surface area contributed by atoms with Gasteiger partial charge in [0.15, 0.2) is 0 Å². The third-order valence-electron chi connectivity index (χ3n) is 3.74. The lowest BCUT2D eigenvalue weighted by molar-refractivity contribution is -0.122. The van der Waals surface area contributed by atoms with E-state index in [4.69, 9.17) is 25.1 Å². The van der Waals surface area contributed by atoms with E-state index in [1.807, 2.05) is 19.9 Å². The van der Waals surface area contributed by atoms with Crippen LogP contribution in [0.3, 0.4) is 0 Å². The lowest BCUT2D eigenvalue weighted by Gasteiger charge is -2.17. The molecule has 0 aliphatic carbocycles. The molecule has 8 nitrogen and oxygen atoms in total. The van der Waals surface area contributed by atoms with Gasteiger partial charge in [0, 0.05) is 18.1 Å². The number of ether oxygens (including phenoxy) is 2. The van der Waals surface area contributed by atoms with Gasteiger partial charge in [0.2, 0.25) is 0 Å². The summed E-state index contributed by atoms with van der Waals surface area (Å²) in [5.74, 6) is 0.673. The average Bonchev–Trinajstić information content (AvgIpc) is 3.08. The highest BCUT2D eigenvalue weighted by atomic mass is 16.5. The molecule has 0 bridgehead atoms. The first kappa shape index (κ1) is 19.5. The van der Waals surface area contributed by atoms with E-state index >= 15 is 0 Å². The molecule has 1 saturated heterocycles. The molecule has 8 heteroatoms. The topological polar surface area (TPSA) is 124 Å². The predicted octanol–water partition coefficient (Wildman–Crippen LogP) is 1.56. The number of primary amides is 1. The van der Waals surface area contributed by atoms with Gasteiger partial charge in [-0.2, -0.15) is 0 Å². The van der Waals surface area contributed by atoms with E-state index in [2.05, 4.69) is 10.3 Å². The Hall–Kier alpha value is -2.87. The molecule has 1 aliphatic rings. The maximum Gasteiger partial charge on any atom is 0.290 e. The van der Waals surface area contributed by atoms with Crippen LogP contribution in [0, 0.1) is 0 Å². The Kier molecular flexibility index (Phi) is 6.74. The first-order chi connectivity index (χ1) is 12.5. The van der Waals surface area contributed by atoms with E-state index < -0.39 is 5.91 Å². The van der Waals surface area contributed by atoms with Crippen LogP contribution in [0.25, 0.3) is 10.9 Å². The van der Waals surface area contributed by atoms with Crippen molar-refractivity contribution < 1.29 is 24.2 Å². The number of nitrogens with one attached hydrogen (secondary N) is 1. The molecule has 26 heavy (non-hydrogen) atoms. The van der Waals surface area contributed by atoms with E-state index in [-0.39, 0.29) is 18.7 Å². The van der Waals surface area contributed by atoms with Crippen molar-refractivity contribution in [3.8, 4) is 11.5 Å². The van der Waals surface area contributed by atoms with Crippen molar-refractivity contribution in [2.45, 2.75) is 32.5 Å². The normalized spacial score (nSPS) is 16.0. The minimum Gasteiger partial charge on any atom is -0.490 e. The van der Waals surface area contributed by atoms with Gasteiger partial charge in [0.05, 0.1) is 17.2 Å². The summed E-state index contributed by atoms with van der Waals surface area (Å²) in [6.45, 7) is 5.35. The van der Waals surface area contributed by atoms with Crippen LogP contribution in [0.5, 0.6) is 11.5 Å². The lowest BCUT2D eigenvalue weighted by atomic mass is 10.1. The van der Waals surface area contributed by atoms with Gasteiger partial charge in [0.25, 0.3) is 12.4 Å². The fourth-order valence-electron chi connectivity index (χ4n) is 2.70. The highest BCUT2D eigenvalue weighted by Gasteiger charge is 2.19. The molecular weight excluding hydrogens is 338 g/mol. The summed E-state index contributed by atoms with van der Waals surface area (Å²) in [5, 5.41) is 11.0. The van der Waals surface area contributed by atoms with Crippen LogP contribution in [0.15, 0.2) is 24.4 Å². The Balaban J connectivity index is 0.000000758. The Morgan fingerprint density at radius 3 is 2.73 bits per heavy atom. The molecule has 0 unspecified atom stereocenters. The molecule has 2 heterocycles. The Morgan fingerprint density at radius 1 is 1.42 bits per heavy atom. The lowest BCUT2D eigenvalue weighted by Crippen LogP contribution is -2.20. The zero-order valence-corrected chi connectivity index (χ0v) is 14.8. The summed E-state index contributed by atoms with van der Waals surface area (Å²) in [6, 6.07) is 5.29. The van der Waals surface area contributed by atoms with Crippen molar-refractivity contribution in [1.82, 2.24) is 10.3 Å². The van der Waals surface area contributed by atoms with Gasteiger partial charge < -0.3 is 25.6 Å². The number of amides is 1. The zero-order valence-electron chi connectivity index (χ0n) is 14.8. The Morgan fingerprint density at radius 2 is 2.15 bits per heavy atom. The van der Waals surface area contributed by atoms with Crippen molar-refractivity contribution in [3.05, 3.63) is 30.0 Å². The second kappa shape index (κ2) is 9.00. The molecule has 1 aromatic carbocycles. The SMILES string of the molecule is CC(C)Oc1cc2c(O[C@H]3CCNC3)ccnc2cc1C(N)=O.O=CO. The van der Waals surface area contributed by atoms with Gasteiger partial charge in [-0.25, -0.2) is 0 Å². The number of nitrogens with two attached hydrogens (primary N) is 1. The number of benzene rings is 1. The molecule has 2 aromatic rings. The molecule has 0 saturated carbocycles. The van der Waals surface area contributed by atoms with Crippen LogP contribution in [-0.4, -0.2) is 47.8 Å². The number of carbonyl (C=O) groups is 2. The molecule has 1 aromatic heterocycles. The monoisotopic (exact) mass is 361 g/mol. The van der Waals surface area contributed by atoms with Crippen molar-refractivity contribution in [2.24, 2.45) is 5.73 Å². The van der Waals surface area contributed by atoms with Gasteiger partial charge in [-0.05, 0) is 45.0 Å². The molecule has 1 fully saturated rings. The summed E-state index contributed by atoms with van der Waals surface area (Å²) in [5.41, 5.74) is 6.46. The fourth-order valence-corrected chi connectivity index (χ4v) is 2.70. The number of nitrogens with zero attached hydrogens (tertiary/aromatic N) is 1. The summed E-state index contributed by atoms with van der Waals surface area (Å²) in [6.07, 6.45) is 2.73. The highest BCUT2D eigenvalue weighted by molar-refractivity contribution is 6.01. The minimum atomic E-state index is -0.532. The molecule has 1 amide bonds. The number of hydrogen-bond acceptors (Lipinski definition) is 6. The second-order valence-corrected chi connectivity index (χ2v) is 6.04. The summed E-state index contributed by atoms with van der Waals surface area (Å²) in [7, 11) is 0. The van der Waals surface area contributed by atoms with Crippen LogP contribution >= 0.6 is 0 Å². The number of carbonyl (C=O) groups excluding carboxylic acids is 1.